The minimum Gasteiger partial charge on any atom is -0.481 e. The molecule has 0 saturated heterocycles. The van der Waals surface area contributed by atoms with Gasteiger partial charge in [0.15, 0.2) is 0 Å². The fourth-order valence-electron chi connectivity index (χ4n) is 4.34. The smallest absolute Gasteiger partial charge is 0.332 e. The number of hydrogen-bond acceptors (Lipinski definition) is 14. The van der Waals surface area contributed by atoms with Gasteiger partial charge in [0.2, 0.25) is 0 Å². The summed E-state index contributed by atoms with van der Waals surface area (Å²) in [6.07, 6.45) is 19.9. The molecule has 0 aromatic rings. The number of carboxylic acid groups (broad SMARTS) is 2. The van der Waals surface area contributed by atoms with E-state index in [-0.39, 0.29) is 59.0 Å². The third kappa shape index (κ3) is 68.7. The SMILES string of the molecule is C=C(C)C(=O)OC.C=CC(=O)O.C=CC(=O)OCC(CC)CCCC.C=CC(=O)OCCCC.CCC(C)(C)C(=O)OC.CCC(C)C(=O)O.CCCCC(CC)COC(=O)C(C)CC.CCCCOC(=O)C(C)CC. The highest BCUT2D eigenvalue weighted by Gasteiger charge is 2.25. The van der Waals surface area contributed by atoms with Crippen LogP contribution >= 0.6 is 0 Å². The van der Waals surface area contributed by atoms with Gasteiger partial charge < -0.3 is 38.6 Å². The molecule has 0 saturated carbocycles. The molecule has 0 aliphatic carbocycles. The molecule has 0 bridgehead atoms. The Balaban J connectivity index is -0.000000118. The first-order chi connectivity index (χ1) is 35.6. The van der Waals surface area contributed by atoms with Crippen molar-refractivity contribution in [1.29, 1.82) is 0 Å². The number of esters is 6. The molecule has 0 fully saturated rings. The van der Waals surface area contributed by atoms with E-state index in [1.165, 1.54) is 58.5 Å². The van der Waals surface area contributed by atoms with Crippen LogP contribution in [0.1, 0.15) is 214 Å². The van der Waals surface area contributed by atoms with E-state index in [4.69, 9.17) is 24.4 Å². The van der Waals surface area contributed by atoms with Gasteiger partial charge in [0.1, 0.15) is 0 Å². The zero-order valence-electron chi connectivity index (χ0n) is 51.2. The average Bonchev–Trinajstić information content (AvgIpc) is 3.42. The molecular formula is C60H112O16. The van der Waals surface area contributed by atoms with Gasteiger partial charge >= 0.3 is 47.8 Å². The molecule has 5 unspecified atom stereocenters. The normalized spacial score (nSPS) is 11.5. The van der Waals surface area contributed by atoms with Gasteiger partial charge in [-0.25, -0.2) is 19.2 Å². The second-order valence-electron chi connectivity index (χ2n) is 18.4. The van der Waals surface area contributed by atoms with Crippen molar-refractivity contribution in [2.75, 3.05) is 40.6 Å². The lowest BCUT2D eigenvalue weighted by atomic mass is 9.91. The molecule has 0 radical (unpaired) electrons. The summed E-state index contributed by atoms with van der Waals surface area (Å²) in [6.45, 7) is 46.7. The molecule has 16 heteroatoms. The predicted molar refractivity (Wildman–Crippen MR) is 307 cm³/mol. The zero-order chi connectivity index (χ0) is 61.1. The van der Waals surface area contributed by atoms with Crippen LogP contribution in [-0.4, -0.2) is 98.6 Å². The van der Waals surface area contributed by atoms with E-state index >= 15 is 0 Å². The molecule has 76 heavy (non-hydrogen) atoms. The van der Waals surface area contributed by atoms with Crippen molar-refractivity contribution in [3.63, 3.8) is 0 Å². The van der Waals surface area contributed by atoms with Crippen LogP contribution in [0.2, 0.25) is 0 Å². The Morgan fingerprint density at radius 2 is 0.868 bits per heavy atom. The van der Waals surface area contributed by atoms with E-state index in [9.17, 15) is 38.4 Å². The minimum absolute atomic E-state index is 0.0348. The third-order valence-corrected chi connectivity index (χ3v) is 11.2. The number of hydrogen-bond donors (Lipinski definition) is 2. The number of ether oxygens (including phenoxy) is 6. The Kier molecular flexibility index (Phi) is 73.6. The lowest BCUT2D eigenvalue weighted by Crippen LogP contribution is -2.24. The molecule has 0 rings (SSSR count). The summed E-state index contributed by atoms with van der Waals surface area (Å²) in [5.41, 5.74) is 0.122. The highest BCUT2D eigenvalue weighted by Crippen LogP contribution is 2.20. The number of methoxy groups -OCH3 is 2. The fourth-order valence-corrected chi connectivity index (χ4v) is 4.34. The van der Waals surface area contributed by atoms with Crippen LogP contribution in [0.3, 0.4) is 0 Å². The highest BCUT2D eigenvalue weighted by molar-refractivity contribution is 5.86. The monoisotopic (exact) mass is 1090 g/mol. The maximum absolute atomic E-state index is 11.4. The van der Waals surface area contributed by atoms with E-state index in [0.717, 1.165) is 76.7 Å². The summed E-state index contributed by atoms with van der Waals surface area (Å²) >= 11 is 0. The van der Waals surface area contributed by atoms with Gasteiger partial charge in [-0.15, -0.1) is 0 Å². The molecule has 0 amide bonds. The average molecular weight is 1090 g/mol. The quantitative estimate of drug-likeness (QED) is 0.0295. The maximum atomic E-state index is 11.4. The summed E-state index contributed by atoms with van der Waals surface area (Å²) in [5.74, 6) is -1.90. The number of carbonyl (C=O) groups is 8. The molecule has 0 spiro atoms. The zero-order valence-corrected chi connectivity index (χ0v) is 51.2. The van der Waals surface area contributed by atoms with Crippen LogP contribution in [0.4, 0.5) is 0 Å². The molecule has 0 aromatic heterocycles. The Labute approximate surface area is 462 Å². The van der Waals surface area contributed by atoms with Crippen molar-refractivity contribution in [2.45, 2.75) is 214 Å². The first-order valence-electron chi connectivity index (χ1n) is 27.4. The topological polar surface area (TPSA) is 232 Å². The van der Waals surface area contributed by atoms with Crippen molar-refractivity contribution in [2.24, 2.45) is 35.0 Å². The van der Waals surface area contributed by atoms with Crippen LogP contribution in [0.15, 0.2) is 50.1 Å². The third-order valence-electron chi connectivity index (χ3n) is 11.2. The van der Waals surface area contributed by atoms with E-state index in [1.54, 1.807) is 13.8 Å². The molecule has 448 valence electrons. The first kappa shape index (κ1) is 87.4. The van der Waals surface area contributed by atoms with E-state index in [0.29, 0.717) is 43.8 Å². The maximum Gasteiger partial charge on any atom is 0.332 e. The molecule has 0 aliphatic rings. The first-order valence-corrected chi connectivity index (χ1v) is 27.4. The highest BCUT2D eigenvalue weighted by atomic mass is 16.5. The summed E-state index contributed by atoms with van der Waals surface area (Å²) < 4.78 is 28.8. The van der Waals surface area contributed by atoms with Gasteiger partial charge in [-0.05, 0) is 84.0 Å². The van der Waals surface area contributed by atoms with Gasteiger partial charge in [0, 0.05) is 23.8 Å². The van der Waals surface area contributed by atoms with Crippen molar-refractivity contribution in [1.82, 2.24) is 0 Å². The van der Waals surface area contributed by atoms with Crippen molar-refractivity contribution >= 4 is 47.8 Å². The molecule has 5 atom stereocenters. The summed E-state index contributed by atoms with van der Waals surface area (Å²) in [4.78, 5) is 83.8. The Bertz CT molecular complexity index is 1500. The van der Waals surface area contributed by atoms with E-state index in [1.807, 2.05) is 62.3 Å². The molecular weight excluding hydrogens is 977 g/mol. The van der Waals surface area contributed by atoms with E-state index < -0.39 is 11.9 Å². The van der Waals surface area contributed by atoms with Gasteiger partial charge in [0.25, 0.3) is 0 Å². The van der Waals surface area contributed by atoms with Crippen LogP contribution in [0.25, 0.3) is 0 Å². The number of carboxylic acids is 2. The van der Waals surface area contributed by atoms with Gasteiger partial charge in [-0.1, -0.05) is 168 Å². The summed E-state index contributed by atoms with van der Waals surface area (Å²) in [5, 5.41) is 15.8. The largest absolute Gasteiger partial charge is 0.481 e. The molecule has 2 N–H and O–H groups in total. The molecule has 0 aromatic carbocycles. The van der Waals surface area contributed by atoms with Gasteiger partial charge in [-0.3, -0.25) is 19.2 Å². The molecule has 0 aliphatic heterocycles. The second kappa shape index (κ2) is 64.0. The fraction of sp³-hybridized carbons (Fsp3) is 0.733. The van der Waals surface area contributed by atoms with Crippen molar-refractivity contribution in [3.8, 4) is 0 Å². The van der Waals surface area contributed by atoms with Gasteiger partial charge in [-0.2, -0.15) is 0 Å². The van der Waals surface area contributed by atoms with Crippen LogP contribution in [0.5, 0.6) is 0 Å². The van der Waals surface area contributed by atoms with Crippen LogP contribution in [-0.2, 0) is 66.8 Å². The molecule has 0 heterocycles. The van der Waals surface area contributed by atoms with E-state index in [2.05, 4.69) is 75.1 Å². The Morgan fingerprint density at radius 3 is 1.11 bits per heavy atom. The number of unbranched alkanes of at least 4 members (excludes halogenated alkanes) is 4. The lowest BCUT2D eigenvalue weighted by Gasteiger charge is -2.17. The standard InChI is InChI=1S/C13H26O2.C11H20O2.C9H18O2.C7H14O2.C7H12O2.C5H8O2.C5H10O2.C3H4O2/c1-5-8-9-12(7-3)10-15-13(14)11(4)6-2;1-4-7-8-10(5-2)9-13-11(12)6-3;1-4-6-7-11-9(10)8(3)5-2;1-5-7(2,3)6(8)9-4;1-3-5-6-9-7(8)4-2;1-4(2)5(6)7-3;1-3-4(2)5(6)7;1-2-3(4)5/h11-12H,5-10H2,1-4H3;6,10H,3-5,7-9H2,1-2H3;8H,4-7H2,1-3H3;5H2,1-4H3;4H,2-3,5-6H2,1H3;1H2,2-3H3;4H,3H2,1-2H3,(H,6,7);2H,1H2,(H,4,5). The van der Waals surface area contributed by atoms with Crippen LogP contribution < -0.4 is 0 Å². The predicted octanol–water partition coefficient (Wildman–Crippen LogP) is 14.3. The van der Waals surface area contributed by atoms with Crippen molar-refractivity contribution in [3.05, 3.63) is 50.1 Å². The van der Waals surface area contributed by atoms with Crippen LogP contribution in [0, 0.1) is 35.0 Å². The van der Waals surface area contributed by atoms with Crippen molar-refractivity contribution < 1.29 is 77.0 Å². The number of carbonyl (C=O) groups excluding carboxylic acids is 6. The van der Waals surface area contributed by atoms with Gasteiger partial charge in [0.05, 0.1) is 63.8 Å². The number of aliphatic carboxylic acids is 2. The summed E-state index contributed by atoms with van der Waals surface area (Å²) in [6, 6.07) is 0. The Morgan fingerprint density at radius 1 is 0.513 bits per heavy atom. The number of rotatable bonds is 30. The Hall–Kier alpha value is -5.28. The minimum atomic E-state index is -0.981. The lowest BCUT2D eigenvalue weighted by molar-refractivity contribution is -0.151. The molecule has 16 nitrogen and oxygen atoms in total. The summed E-state index contributed by atoms with van der Waals surface area (Å²) in [7, 11) is 2.75. The second-order valence-corrected chi connectivity index (χ2v) is 18.4.